The fourth-order valence-electron chi connectivity index (χ4n) is 2.98. The first-order chi connectivity index (χ1) is 12.8. The Morgan fingerprint density at radius 2 is 1.76 bits per heavy atom. The first kappa shape index (κ1) is 25.1. The molecular formula is C18H22Cl2FN3O4S. The number of piperidine rings is 1. The highest BCUT2D eigenvalue weighted by Crippen LogP contribution is 2.29. The topological polar surface area (TPSA) is 97.4 Å². The zero-order chi connectivity index (χ0) is 19.5. The van der Waals surface area contributed by atoms with Crippen molar-refractivity contribution in [2.75, 3.05) is 24.7 Å². The van der Waals surface area contributed by atoms with Gasteiger partial charge in [-0.25, -0.2) is 17.8 Å². The maximum absolute atomic E-state index is 12.9. The van der Waals surface area contributed by atoms with Crippen LogP contribution in [0.3, 0.4) is 0 Å². The van der Waals surface area contributed by atoms with Crippen LogP contribution in [0.2, 0.25) is 0 Å². The molecule has 7 nitrogen and oxygen atoms in total. The van der Waals surface area contributed by atoms with Gasteiger partial charge >= 0.3 is 0 Å². The van der Waals surface area contributed by atoms with Crippen LogP contribution < -0.4 is 15.4 Å². The maximum Gasteiger partial charge on any atom is 0.245 e. The van der Waals surface area contributed by atoms with Crippen LogP contribution in [0, 0.1) is 5.82 Å². The van der Waals surface area contributed by atoms with Crippen LogP contribution in [-0.4, -0.2) is 43.4 Å². The van der Waals surface area contributed by atoms with E-state index in [0.717, 1.165) is 6.26 Å². The second-order valence-corrected chi connectivity index (χ2v) is 8.74. The molecule has 0 radical (unpaired) electrons. The summed E-state index contributed by atoms with van der Waals surface area (Å²) in [4.78, 5) is 16.8. The molecule has 1 aromatic heterocycles. The van der Waals surface area contributed by atoms with Gasteiger partial charge in [0.25, 0.3) is 0 Å². The molecule has 2 aromatic rings. The Bertz CT molecular complexity index is 919. The predicted molar refractivity (Wildman–Crippen MR) is 114 cm³/mol. The van der Waals surface area contributed by atoms with Gasteiger partial charge in [0.05, 0.1) is 11.9 Å². The molecule has 2 heterocycles. The van der Waals surface area contributed by atoms with E-state index in [4.69, 9.17) is 4.74 Å². The highest BCUT2D eigenvalue weighted by atomic mass is 35.5. The van der Waals surface area contributed by atoms with Gasteiger partial charge in [-0.1, -0.05) is 0 Å². The zero-order valence-electron chi connectivity index (χ0n) is 15.6. The summed E-state index contributed by atoms with van der Waals surface area (Å²) in [6.45, 7) is 0.923. The second-order valence-electron chi connectivity index (χ2n) is 6.41. The Labute approximate surface area is 181 Å². The van der Waals surface area contributed by atoms with E-state index in [1.54, 1.807) is 6.07 Å². The van der Waals surface area contributed by atoms with Crippen LogP contribution in [0.4, 0.5) is 10.1 Å². The van der Waals surface area contributed by atoms with Crippen molar-refractivity contribution in [3.8, 4) is 11.6 Å². The lowest BCUT2D eigenvalue weighted by molar-refractivity contribution is -0.119. The first-order valence-electron chi connectivity index (χ1n) is 8.41. The third kappa shape index (κ3) is 5.79. The van der Waals surface area contributed by atoms with Crippen molar-refractivity contribution in [3.05, 3.63) is 48.4 Å². The zero-order valence-corrected chi connectivity index (χ0v) is 18.0. The van der Waals surface area contributed by atoms with Gasteiger partial charge in [0.2, 0.25) is 11.8 Å². The summed E-state index contributed by atoms with van der Waals surface area (Å²) in [7, 11) is -3.59. The number of nitrogens with one attached hydrogen (secondary N) is 2. The number of hydrogen-bond donors (Lipinski definition) is 2. The van der Waals surface area contributed by atoms with Crippen LogP contribution in [-0.2, 0) is 14.6 Å². The van der Waals surface area contributed by atoms with E-state index < -0.39 is 20.5 Å². The molecule has 3 rings (SSSR count). The lowest BCUT2D eigenvalue weighted by atomic mass is 9.96. The van der Waals surface area contributed by atoms with Gasteiger partial charge < -0.3 is 15.4 Å². The summed E-state index contributed by atoms with van der Waals surface area (Å²) in [5.41, 5.74) is 0.369. The smallest absolute Gasteiger partial charge is 0.245 e. The number of rotatable bonds is 5. The van der Waals surface area contributed by atoms with Crippen molar-refractivity contribution < 1.29 is 22.3 Å². The lowest BCUT2D eigenvalue weighted by Gasteiger charge is -2.34. The molecule has 1 saturated heterocycles. The summed E-state index contributed by atoms with van der Waals surface area (Å²) < 4.78 is 41.5. The molecule has 0 saturated carbocycles. The number of amides is 1. The van der Waals surface area contributed by atoms with Crippen LogP contribution in [0.5, 0.6) is 11.6 Å². The fourth-order valence-corrected chi connectivity index (χ4v) is 4.31. The minimum absolute atomic E-state index is 0. The molecule has 1 aliphatic rings. The van der Waals surface area contributed by atoms with E-state index in [0.29, 0.717) is 24.5 Å². The van der Waals surface area contributed by atoms with E-state index in [-0.39, 0.29) is 49.4 Å². The number of carbonyl (C=O) groups excluding carboxylic acids is 1. The van der Waals surface area contributed by atoms with Crippen LogP contribution >= 0.6 is 24.8 Å². The quantitative estimate of drug-likeness (QED) is 0.704. The highest BCUT2D eigenvalue weighted by molar-refractivity contribution is 7.92. The van der Waals surface area contributed by atoms with Crippen LogP contribution in [0.1, 0.15) is 12.8 Å². The molecule has 0 spiro atoms. The normalized spacial score (nSPS) is 15.4. The Balaban J connectivity index is 0.00000210. The molecule has 0 unspecified atom stereocenters. The number of benzene rings is 1. The molecule has 29 heavy (non-hydrogen) atoms. The molecule has 160 valence electrons. The molecular weight excluding hydrogens is 444 g/mol. The number of anilines is 1. The molecule has 11 heteroatoms. The largest absolute Gasteiger partial charge is 0.439 e. The number of ether oxygens (including phenoxy) is 1. The third-order valence-electron chi connectivity index (χ3n) is 4.57. The number of halogens is 3. The standard InChI is InChI=1S/C18H20FN3O4S.2ClH/c1-27(24,25)18(8-10-20-11-9-18)17(23)22-14-4-7-16(21-12-14)26-15-5-2-13(19)3-6-15;;/h2-7,12,20H,8-11H2,1H3,(H,22,23);2*1H. The van der Waals surface area contributed by atoms with Crippen molar-refractivity contribution in [2.45, 2.75) is 17.6 Å². The fraction of sp³-hybridized carbons (Fsp3) is 0.333. The average Bonchev–Trinajstić information content (AvgIpc) is 2.65. The monoisotopic (exact) mass is 465 g/mol. The van der Waals surface area contributed by atoms with E-state index in [2.05, 4.69) is 15.6 Å². The summed E-state index contributed by atoms with van der Waals surface area (Å²) in [5, 5.41) is 5.71. The third-order valence-corrected chi connectivity index (χ3v) is 6.58. The number of pyridine rings is 1. The van der Waals surface area contributed by atoms with Gasteiger partial charge in [0.1, 0.15) is 11.6 Å². The van der Waals surface area contributed by atoms with Crippen molar-refractivity contribution in [1.29, 1.82) is 0 Å². The molecule has 1 amide bonds. The van der Waals surface area contributed by atoms with E-state index in [1.807, 2.05) is 0 Å². The highest BCUT2D eigenvalue weighted by Gasteiger charge is 2.48. The number of nitrogens with zero attached hydrogens (tertiary/aromatic N) is 1. The van der Waals surface area contributed by atoms with E-state index in [9.17, 15) is 17.6 Å². The summed E-state index contributed by atoms with van der Waals surface area (Å²) >= 11 is 0. The van der Waals surface area contributed by atoms with Gasteiger partial charge in [-0.15, -0.1) is 24.8 Å². The van der Waals surface area contributed by atoms with Gasteiger partial charge in [0, 0.05) is 12.3 Å². The van der Waals surface area contributed by atoms with Crippen molar-refractivity contribution in [1.82, 2.24) is 10.3 Å². The SMILES string of the molecule is CS(=O)(=O)C1(C(=O)Nc2ccc(Oc3ccc(F)cc3)nc2)CCNCC1.Cl.Cl. The van der Waals surface area contributed by atoms with E-state index in [1.165, 1.54) is 36.5 Å². The van der Waals surface area contributed by atoms with E-state index >= 15 is 0 Å². The predicted octanol–water partition coefficient (Wildman–Crippen LogP) is 2.96. The number of carbonyl (C=O) groups is 1. The summed E-state index contributed by atoms with van der Waals surface area (Å²) in [5.74, 6) is -0.239. The molecule has 1 aromatic carbocycles. The second kappa shape index (κ2) is 10.2. The average molecular weight is 466 g/mol. The molecule has 1 aliphatic heterocycles. The number of aromatic nitrogens is 1. The molecule has 0 atom stereocenters. The Morgan fingerprint density at radius 1 is 1.14 bits per heavy atom. The summed E-state index contributed by atoms with van der Waals surface area (Å²) in [6.07, 6.45) is 2.91. The minimum atomic E-state index is -3.59. The molecule has 0 aliphatic carbocycles. The maximum atomic E-state index is 12.9. The Kier molecular flexibility index (Phi) is 8.83. The lowest BCUT2D eigenvalue weighted by Crippen LogP contribution is -2.55. The molecule has 1 fully saturated rings. The van der Waals surface area contributed by atoms with Crippen LogP contribution in [0.25, 0.3) is 0 Å². The number of hydrogen-bond acceptors (Lipinski definition) is 6. The molecule has 0 bridgehead atoms. The van der Waals surface area contributed by atoms with Crippen LogP contribution in [0.15, 0.2) is 42.6 Å². The summed E-state index contributed by atoms with van der Waals surface area (Å²) in [6, 6.07) is 8.59. The minimum Gasteiger partial charge on any atom is -0.439 e. The Morgan fingerprint density at radius 3 is 2.28 bits per heavy atom. The van der Waals surface area contributed by atoms with Gasteiger partial charge in [0.15, 0.2) is 14.6 Å². The van der Waals surface area contributed by atoms with Gasteiger partial charge in [-0.2, -0.15) is 0 Å². The first-order valence-corrected chi connectivity index (χ1v) is 10.3. The van der Waals surface area contributed by atoms with Gasteiger partial charge in [-0.3, -0.25) is 4.79 Å². The van der Waals surface area contributed by atoms with Crippen molar-refractivity contribution >= 4 is 46.2 Å². The van der Waals surface area contributed by atoms with Crippen molar-refractivity contribution in [3.63, 3.8) is 0 Å². The Hall–Kier alpha value is -1.94. The molecule has 2 N–H and O–H groups in total. The van der Waals surface area contributed by atoms with Gasteiger partial charge in [-0.05, 0) is 56.3 Å². The number of sulfone groups is 1. The van der Waals surface area contributed by atoms with Crippen molar-refractivity contribution in [2.24, 2.45) is 0 Å².